The van der Waals surface area contributed by atoms with Gasteiger partial charge in [-0.25, -0.2) is 4.79 Å². The number of nitrogens with zero attached hydrogens (tertiary/aromatic N) is 1. The van der Waals surface area contributed by atoms with Crippen molar-refractivity contribution in [2.24, 2.45) is 5.92 Å². The Bertz CT molecular complexity index is 567. The first-order valence-electron chi connectivity index (χ1n) is 6.64. The number of rotatable bonds is 2. The zero-order valence-corrected chi connectivity index (χ0v) is 13.8. The zero-order chi connectivity index (χ0) is 15.6. The predicted octanol–water partition coefficient (Wildman–Crippen LogP) is 3.82. The molecule has 1 fully saturated rings. The van der Waals surface area contributed by atoms with Crippen molar-refractivity contribution in [2.45, 2.75) is 25.8 Å². The second-order valence-corrected chi connectivity index (χ2v) is 6.42. The molecular formula is C14H16BrClN2O3. The summed E-state index contributed by atoms with van der Waals surface area (Å²) >= 11 is 9.28. The molecule has 1 heterocycles. The molecule has 2 N–H and O–H groups in total. The van der Waals surface area contributed by atoms with Gasteiger partial charge in [-0.05, 0) is 53.9 Å². The van der Waals surface area contributed by atoms with Gasteiger partial charge in [0.25, 0.3) is 0 Å². The minimum Gasteiger partial charge on any atom is -0.481 e. The number of hydrogen-bond donors (Lipinski definition) is 2. The standard InChI is InChI=1S/C14H16BrClN2O3/c1-8-6-9(13(19)20)4-5-18(8)14(21)17-10-2-3-11(15)12(16)7-10/h2-3,7-9H,4-6H2,1H3,(H,17,21)(H,19,20). The molecule has 0 bridgehead atoms. The summed E-state index contributed by atoms with van der Waals surface area (Å²) in [6.07, 6.45) is 0.956. The lowest BCUT2D eigenvalue weighted by Crippen LogP contribution is -2.47. The maximum atomic E-state index is 12.3. The first-order chi connectivity index (χ1) is 9.88. The highest BCUT2D eigenvalue weighted by Crippen LogP contribution is 2.27. The van der Waals surface area contributed by atoms with E-state index in [1.54, 1.807) is 23.1 Å². The van der Waals surface area contributed by atoms with Gasteiger partial charge in [0.1, 0.15) is 0 Å². The Kier molecular flexibility index (Phi) is 5.11. The summed E-state index contributed by atoms with van der Waals surface area (Å²) < 4.78 is 0.762. The van der Waals surface area contributed by atoms with Crippen molar-refractivity contribution in [2.75, 3.05) is 11.9 Å². The van der Waals surface area contributed by atoms with Gasteiger partial charge in [-0.1, -0.05) is 11.6 Å². The number of hydrogen-bond acceptors (Lipinski definition) is 2. The number of carboxylic acids is 1. The molecule has 114 valence electrons. The molecule has 0 aromatic heterocycles. The number of carbonyl (C=O) groups excluding carboxylic acids is 1. The Morgan fingerprint density at radius 1 is 1.48 bits per heavy atom. The van der Waals surface area contributed by atoms with Gasteiger partial charge in [-0.15, -0.1) is 0 Å². The van der Waals surface area contributed by atoms with E-state index >= 15 is 0 Å². The van der Waals surface area contributed by atoms with Crippen LogP contribution >= 0.6 is 27.5 Å². The molecular weight excluding hydrogens is 360 g/mol. The molecule has 2 unspecified atom stereocenters. The highest BCUT2D eigenvalue weighted by molar-refractivity contribution is 9.10. The summed E-state index contributed by atoms with van der Waals surface area (Å²) in [4.78, 5) is 24.9. The number of urea groups is 1. The molecule has 2 amide bonds. The first kappa shape index (κ1) is 16.1. The molecule has 1 aromatic carbocycles. The van der Waals surface area contributed by atoms with Crippen molar-refractivity contribution in [1.29, 1.82) is 0 Å². The molecule has 0 radical (unpaired) electrons. The third-order valence-corrected chi connectivity index (χ3v) is 4.89. The van der Waals surface area contributed by atoms with Gasteiger partial charge in [0, 0.05) is 22.7 Å². The summed E-state index contributed by atoms with van der Waals surface area (Å²) in [7, 11) is 0. The molecule has 2 rings (SSSR count). The number of benzene rings is 1. The number of aliphatic carboxylic acids is 1. The van der Waals surface area contributed by atoms with Crippen molar-refractivity contribution in [3.63, 3.8) is 0 Å². The molecule has 0 spiro atoms. The number of amides is 2. The first-order valence-corrected chi connectivity index (χ1v) is 7.81. The number of anilines is 1. The van der Waals surface area contributed by atoms with E-state index in [1.807, 2.05) is 6.92 Å². The second kappa shape index (κ2) is 6.66. The van der Waals surface area contributed by atoms with Crippen LogP contribution in [0.3, 0.4) is 0 Å². The predicted molar refractivity (Wildman–Crippen MR) is 84.7 cm³/mol. The van der Waals surface area contributed by atoms with E-state index in [0.29, 0.717) is 30.1 Å². The lowest BCUT2D eigenvalue weighted by molar-refractivity contribution is -0.143. The highest BCUT2D eigenvalue weighted by Gasteiger charge is 2.32. The van der Waals surface area contributed by atoms with E-state index in [4.69, 9.17) is 16.7 Å². The van der Waals surface area contributed by atoms with E-state index in [1.165, 1.54) is 0 Å². The van der Waals surface area contributed by atoms with Crippen LogP contribution in [0.25, 0.3) is 0 Å². The fraction of sp³-hybridized carbons (Fsp3) is 0.429. The smallest absolute Gasteiger partial charge is 0.322 e. The molecule has 1 aliphatic rings. The largest absolute Gasteiger partial charge is 0.481 e. The Hall–Kier alpha value is -1.27. The molecule has 21 heavy (non-hydrogen) atoms. The van der Waals surface area contributed by atoms with Crippen LogP contribution < -0.4 is 5.32 Å². The summed E-state index contributed by atoms with van der Waals surface area (Å²) in [6, 6.07) is 4.84. The van der Waals surface area contributed by atoms with Crippen molar-refractivity contribution in [1.82, 2.24) is 4.90 Å². The van der Waals surface area contributed by atoms with Crippen LogP contribution in [0.15, 0.2) is 22.7 Å². The van der Waals surface area contributed by atoms with Crippen molar-refractivity contribution in [3.8, 4) is 0 Å². The van der Waals surface area contributed by atoms with Crippen LogP contribution in [0.5, 0.6) is 0 Å². The van der Waals surface area contributed by atoms with E-state index in [2.05, 4.69) is 21.2 Å². The molecule has 0 aliphatic carbocycles. The molecule has 2 atom stereocenters. The van der Waals surface area contributed by atoms with E-state index < -0.39 is 5.97 Å². The number of carboxylic acid groups (broad SMARTS) is 1. The van der Waals surface area contributed by atoms with Crippen LogP contribution in [0, 0.1) is 5.92 Å². The molecule has 7 heteroatoms. The van der Waals surface area contributed by atoms with Crippen LogP contribution in [-0.2, 0) is 4.79 Å². The normalized spacial score (nSPS) is 22.0. The SMILES string of the molecule is CC1CC(C(=O)O)CCN1C(=O)Nc1ccc(Br)c(Cl)c1. The maximum Gasteiger partial charge on any atom is 0.322 e. The van der Waals surface area contributed by atoms with Gasteiger partial charge in [0.15, 0.2) is 0 Å². The number of likely N-dealkylation sites (tertiary alicyclic amines) is 1. The molecule has 1 aromatic rings. The van der Waals surface area contributed by atoms with Crippen molar-refractivity contribution in [3.05, 3.63) is 27.7 Å². The Morgan fingerprint density at radius 3 is 2.76 bits per heavy atom. The average molecular weight is 376 g/mol. The van der Waals surface area contributed by atoms with E-state index in [-0.39, 0.29) is 18.0 Å². The Balaban J connectivity index is 2.00. The van der Waals surface area contributed by atoms with Gasteiger partial charge in [-0.2, -0.15) is 0 Å². The Labute approximate surface area is 136 Å². The number of carbonyl (C=O) groups is 2. The lowest BCUT2D eigenvalue weighted by Gasteiger charge is -2.36. The summed E-state index contributed by atoms with van der Waals surface area (Å²) in [5.74, 6) is -1.16. The Morgan fingerprint density at radius 2 is 2.19 bits per heavy atom. The minimum absolute atomic E-state index is 0.106. The van der Waals surface area contributed by atoms with Crippen LogP contribution in [0.4, 0.5) is 10.5 Å². The van der Waals surface area contributed by atoms with Crippen LogP contribution in [-0.4, -0.2) is 34.6 Å². The van der Waals surface area contributed by atoms with Crippen molar-refractivity contribution < 1.29 is 14.7 Å². The molecule has 0 saturated carbocycles. The van der Waals surface area contributed by atoms with E-state index in [9.17, 15) is 9.59 Å². The lowest BCUT2D eigenvalue weighted by atomic mass is 9.92. The molecule has 1 aliphatic heterocycles. The second-order valence-electron chi connectivity index (χ2n) is 5.16. The summed E-state index contributed by atoms with van der Waals surface area (Å²) in [5, 5.41) is 12.3. The van der Waals surface area contributed by atoms with Crippen LogP contribution in [0.1, 0.15) is 19.8 Å². The molecule has 1 saturated heterocycles. The fourth-order valence-electron chi connectivity index (χ4n) is 2.47. The van der Waals surface area contributed by atoms with Crippen LogP contribution in [0.2, 0.25) is 5.02 Å². The van der Waals surface area contributed by atoms with Gasteiger partial charge < -0.3 is 15.3 Å². The van der Waals surface area contributed by atoms with Gasteiger partial charge in [0.2, 0.25) is 0 Å². The van der Waals surface area contributed by atoms with Gasteiger partial charge in [-0.3, -0.25) is 4.79 Å². The number of halogens is 2. The summed E-state index contributed by atoms with van der Waals surface area (Å²) in [6.45, 7) is 2.30. The number of piperidine rings is 1. The quantitative estimate of drug-likeness (QED) is 0.825. The minimum atomic E-state index is -0.790. The zero-order valence-electron chi connectivity index (χ0n) is 11.5. The highest BCUT2D eigenvalue weighted by atomic mass is 79.9. The topological polar surface area (TPSA) is 69.6 Å². The fourth-order valence-corrected chi connectivity index (χ4v) is 2.89. The monoisotopic (exact) mass is 374 g/mol. The average Bonchev–Trinajstić information content (AvgIpc) is 2.42. The summed E-state index contributed by atoms with van der Waals surface area (Å²) in [5.41, 5.74) is 0.612. The molecule has 5 nitrogen and oxygen atoms in total. The van der Waals surface area contributed by atoms with Crippen molar-refractivity contribution >= 4 is 45.2 Å². The number of nitrogens with one attached hydrogen (secondary N) is 1. The third kappa shape index (κ3) is 3.89. The van der Waals surface area contributed by atoms with Gasteiger partial charge >= 0.3 is 12.0 Å². The third-order valence-electron chi connectivity index (χ3n) is 3.66. The van der Waals surface area contributed by atoms with Gasteiger partial charge in [0.05, 0.1) is 10.9 Å². The van der Waals surface area contributed by atoms with E-state index in [0.717, 1.165) is 4.47 Å². The maximum absolute atomic E-state index is 12.3.